The molecule has 0 saturated heterocycles. The molecule has 3 rings (SSSR count). The average Bonchev–Trinajstić information content (AvgIpc) is 2.46. The molecular weight excluding hydrogens is 380 g/mol. The summed E-state index contributed by atoms with van der Waals surface area (Å²) in [6, 6.07) is 20.0. The van der Waals surface area contributed by atoms with Crippen molar-refractivity contribution in [2.75, 3.05) is 0 Å². The van der Waals surface area contributed by atoms with Gasteiger partial charge in [-0.25, -0.2) is 0 Å². The second kappa shape index (κ2) is 5.68. The SMILES string of the molecule is OC(c1ccc2ccccc2c1)c1ccc(Br)cc1Br. The molecule has 100 valence electrons. The number of benzene rings is 3. The van der Waals surface area contributed by atoms with Gasteiger partial charge >= 0.3 is 0 Å². The third-order valence-corrected chi connectivity index (χ3v) is 4.53. The van der Waals surface area contributed by atoms with Crippen LogP contribution in [0.3, 0.4) is 0 Å². The van der Waals surface area contributed by atoms with E-state index in [1.807, 2.05) is 48.5 Å². The van der Waals surface area contributed by atoms with E-state index in [-0.39, 0.29) is 0 Å². The molecule has 0 radical (unpaired) electrons. The van der Waals surface area contributed by atoms with Gasteiger partial charge in [0.2, 0.25) is 0 Å². The first-order chi connectivity index (χ1) is 9.65. The Balaban J connectivity index is 2.05. The Morgan fingerprint density at radius 3 is 2.30 bits per heavy atom. The van der Waals surface area contributed by atoms with E-state index >= 15 is 0 Å². The zero-order chi connectivity index (χ0) is 14.1. The highest BCUT2D eigenvalue weighted by Gasteiger charge is 2.14. The molecule has 20 heavy (non-hydrogen) atoms. The smallest absolute Gasteiger partial charge is 0.105 e. The van der Waals surface area contributed by atoms with E-state index in [0.717, 1.165) is 25.5 Å². The van der Waals surface area contributed by atoms with Crippen molar-refractivity contribution in [3.63, 3.8) is 0 Å². The van der Waals surface area contributed by atoms with Crippen LogP contribution >= 0.6 is 31.9 Å². The molecule has 0 spiro atoms. The summed E-state index contributed by atoms with van der Waals surface area (Å²) in [6.45, 7) is 0. The zero-order valence-corrected chi connectivity index (χ0v) is 13.7. The number of hydrogen-bond acceptors (Lipinski definition) is 1. The van der Waals surface area contributed by atoms with E-state index < -0.39 is 6.10 Å². The number of halogens is 2. The minimum atomic E-state index is -0.637. The van der Waals surface area contributed by atoms with Crippen molar-refractivity contribution >= 4 is 42.6 Å². The Morgan fingerprint density at radius 2 is 1.55 bits per heavy atom. The van der Waals surface area contributed by atoms with Gasteiger partial charge in [0.25, 0.3) is 0 Å². The lowest BCUT2D eigenvalue weighted by Crippen LogP contribution is -2.00. The van der Waals surface area contributed by atoms with Gasteiger partial charge in [-0.2, -0.15) is 0 Å². The van der Waals surface area contributed by atoms with E-state index in [1.165, 1.54) is 5.39 Å². The highest BCUT2D eigenvalue weighted by atomic mass is 79.9. The van der Waals surface area contributed by atoms with Crippen LogP contribution in [0.15, 0.2) is 69.6 Å². The maximum Gasteiger partial charge on any atom is 0.105 e. The van der Waals surface area contributed by atoms with Gasteiger partial charge in [-0.05, 0) is 40.1 Å². The standard InChI is InChI=1S/C17H12Br2O/c18-14-7-8-15(16(19)10-14)17(20)13-6-5-11-3-1-2-4-12(11)9-13/h1-10,17,20H. The van der Waals surface area contributed by atoms with Crippen molar-refractivity contribution < 1.29 is 5.11 Å². The Kier molecular flexibility index (Phi) is 3.92. The Labute approximate surface area is 134 Å². The summed E-state index contributed by atoms with van der Waals surface area (Å²) in [5.41, 5.74) is 1.76. The third kappa shape index (κ3) is 2.66. The van der Waals surface area contributed by atoms with Crippen LogP contribution in [0, 0.1) is 0 Å². The van der Waals surface area contributed by atoms with Gasteiger partial charge in [0.05, 0.1) is 0 Å². The van der Waals surface area contributed by atoms with Crippen LogP contribution in [-0.4, -0.2) is 5.11 Å². The molecule has 0 aromatic heterocycles. The topological polar surface area (TPSA) is 20.2 Å². The molecule has 0 heterocycles. The fourth-order valence-corrected chi connectivity index (χ4v) is 3.54. The number of rotatable bonds is 2. The minimum Gasteiger partial charge on any atom is -0.384 e. The van der Waals surface area contributed by atoms with Gasteiger partial charge in [-0.1, -0.05) is 74.3 Å². The van der Waals surface area contributed by atoms with Gasteiger partial charge in [0, 0.05) is 8.95 Å². The average molecular weight is 392 g/mol. The molecule has 3 aromatic carbocycles. The quantitative estimate of drug-likeness (QED) is 0.616. The number of fused-ring (bicyclic) bond motifs is 1. The fraction of sp³-hybridized carbons (Fsp3) is 0.0588. The van der Waals surface area contributed by atoms with E-state index in [4.69, 9.17) is 0 Å². The molecule has 0 saturated carbocycles. The highest BCUT2D eigenvalue weighted by Crippen LogP contribution is 2.32. The van der Waals surface area contributed by atoms with Crippen LogP contribution in [0.5, 0.6) is 0 Å². The lowest BCUT2D eigenvalue weighted by Gasteiger charge is -2.14. The molecule has 3 heteroatoms. The van der Waals surface area contributed by atoms with Crippen LogP contribution in [0.2, 0.25) is 0 Å². The molecule has 0 aliphatic carbocycles. The monoisotopic (exact) mass is 390 g/mol. The normalized spacial score (nSPS) is 12.6. The predicted molar refractivity (Wildman–Crippen MR) is 89.9 cm³/mol. The van der Waals surface area contributed by atoms with Crippen molar-refractivity contribution in [1.29, 1.82) is 0 Å². The summed E-state index contributed by atoms with van der Waals surface area (Å²) in [7, 11) is 0. The molecule has 3 aromatic rings. The van der Waals surface area contributed by atoms with Gasteiger partial charge in [-0.3, -0.25) is 0 Å². The van der Waals surface area contributed by atoms with E-state index in [0.29, 0.717) is 0 Å². The second-order valence-electron chi connectivity index (χ2n) is 4.67. The van der Waals surface area contributed by atoms with Crippen molar-refractivity contribution in [2.45, 2.75) is 6.10 Å². The van der Waals surface area contributed by atoms with E-state index in [1.54, 1.807) is 0 Å². The summed E-state index contributed by atoms with van der Waals surface area (Å²) < 4.78 is 1.88. The minimum absolute atomic E-state index is 0.637. The van der Waals surface area contributed by atoms with Crippen molar-refractivity contribution in [1.82, 2.24) is 0 Å². The second-order valence-corrected chi connectivity index (χ2v) is 6.44. The van der Waals surface area contributed by atoms with Crippen LogP contribution in [0.4, 0.5) is 0 Å². The summed E-state index contributed by atoms with van der Waals surface area (Å²) in [5.74, 6) is 0. The zero-order valence-electron chi connectivity index (χ0n) is 10.6. The maximum atomic E-state index is 10.6. The summed E-state index contributed by atoms with van der Waals surface area (Å²) in [4.78, 5) is 0. The first kappa shape index (κ1) is 13.8. The molecule has 0 fully saturated rings. The van der Waals surface area contributed by atoms with Crippen LogP contribution < -0.4 is 0 Å². The Hall–Kier alpha value is -1.16. The van der Waals surface area contributed by atoms with Crippen molar-refractivity contribution in [3.8, 4) is 0 Å². The molecule has 1 N–H and O–H groups in total. The van der Waals surface area contributed by atoms with Crippen molar-refractivity contribution in [3.05, 3.63) is 80.7 Å². The predicted octanol–water partition coefficient (Wildman–Crippen LogP) is 5.45. The van der Waals surface area contributed by atoms with Crippen LogP contribution in [0.25, 0.3) is 10.8 Å². The van der Waals surface area contributed by atoms with E-state index in [2.05, 4.69) is 44.0 Å². The summed E-state index contributed by atoms with van der Waals surface area (Å²) in [5, 5.41) is 12.9. The molecule has 0 aliphatic heterocycles. The van der Waals surface area contributed by atoms with Gasteiger partial charge in [-0.15, -0.1) is 0 Å². The first-order valence-electron chi connectivity index (χ1n) is 6.27. The van der Waals surface area contributed by atoms with Crippen LogP contribution in [-0.2, 0) is 0 Å². The van der Waals surface area contributed by atoms with E-state index in [9.17, 15) is 5.11 Å². The molecule has 1 unspecified atom stereocenters. The van der Waals surface area contributed by atoms with Gasteiger partial charge < -0.3 is 5.11 Å². The fourth-order valence-electron chi connectivity index (χ4n) is 2.28. The molecule has 0 amide bonds. The number of hydrogen-bond donors (Lipinski definition) is 1. The molecule has 0 bridgehead atoms. The lowest BCUT2D eigenvalue weighted by molar-refractivity contribution is 0.219. The highest BCUT2D eigenvalue weighted by molar-refractivity contribution is 9.11. The third-order valence-electron chi connectivity index (χ3n) is 3.35. The first-order valence-corrected chi connectivity index (χ1v) is 7.85. The summed E-state index contributed by atoms with van der Waals surface area (Å²) in [6.07, 6.45) is -0.637. The molecular formula is C17H12Br2O. The molecule has 1 nitrogen and oxygen atoms in total. The number of aliphatic hydroxyl groups is 1. The Bertz CT molecular complexity index is 768. The lowest BCUT2D eigenvalue weighted by atomic mass is 9.99. The largest absolute Gasteiger partial charge is 0.384 e. The van der Waals surface area contributed by atoms with Crippen LogP contribution in [0.1, 0.15) is 17.2 Å². The Morgan fingerprint density at radius 1 is 0.800 bits per heavy atom. The van der Waals surface area contributed by atoms with Crippen molar-refractivity contribution in [2.24, 2.45) is 0 Å². The number of aliphatic hydroxyl groups excluding tert-OH is 1. The molecule has 1 atom stereocenters. The summed E-state index contributed by atoms with van der Waals surface area (Å²) >= 11 is 6.93. The molecule has 0 aliphatic rings. The van der Waals surface area contributed by atoms with Gasteiger partial charge in [0.1, 0.15) is 6.10 Å². The van der Waals surface area contributed by atoms with Gasteiger partial charge in [0.15, 0.2) is 0 Å². The maximum absolute atomic E-state index is 10.6.